The van der Waals surface area contributed by atoms with Crippen molar-refractivity contribution >= 4 is 0 Å². The Kier molecular flexibility index (Phi) is 6.26. The highest BCUT2D eigenvalue weighted by atomic mass is 16.3. The summed E-state index contributed by atoms with van der Waals surface area (Å²) in [5.74, 6) is 1.28. The smallest absolute Gasteiger partial charge is 0.0568 e. The zero-order chi connectivity index (χ0) is 11.1. The van der Waals surface area contributed by atoms with Crippen LogP contribution in [0.2, 0.25) is 0 Å². The van der Waals surface area contributed by atoms with Crippen molar-refractivity contribution in [1.29, 1.82) is 0 Å². The standard InChI is InChI=1S/C13H26O2/c1-2-5-13(15)12-8-3-6-11(10-12)7-4-9-14/h11-15H,2-10H2,1H3. The molecule has 0 aromatic rings. The van der Waals surface area contributed by atoms with E-state index in [0.29, 0.717) is 12.5 Å². The van der Waals surface area contributed by atoms with Gasteiger partial charge in [0.05, 0.1) is 6.10 Å². The van der Waals surface area contributed by atoms with Crippen LogP contribution in [-0.2, 0) is 0 Å². The Balaban J connectivity index is 2.28. The van der Waals surface area contributed by atoms with Gasteiger partial charge in [0, 0.05) is 6.61 Å². The summed E-state index contributed by atoms with van der Waals surface area (Å²) < 4.78 is 0. The highest BCUT2D eigenvalue weighted by Crippen LogP contribution is 2.34. The normalized spacial score (nSPS) is 29.0. The van der Waals surface area contributed by atoms with Gasteiger partial charge >= 0.3 is 0 Å². The van der Waals surface area contributed by atoms with E-state index < -0.39 is 0 Å². The minimum atomic E-state index is -0.0769. The molecule has 0 aliphatic heterocycles. The van der Waals surface area contributed by atoms with Gasteiger partial charge in [-0.25, -0.2) is 0 Å². The van der Waals surface area contributed by atoms with Gasteiger partial charge < -0.3 is 10.2 Å². The van der Waals surface area contributed by atoms with Gasteiger partial charge in [0.25, 0.3) is 0 Å². The summed E-state index contributed by atoms with van der Waals surface area (Å²) in [4.78, 5) is 0. The second-order valence-electron chi connectivity index (χ2n) is 5.01. The van der Waals surface area contributed by atoms with E-state index in [1.54, 1.807) is 0 Å². The Hall–Kier alpha value is -0.0800. The summed E-state index contributed by atoms with van der Waals surface area (Å²) in [5.41, 5.74) is 0. The van der Waals surface area contributed by atoms with Crippen LogP contribution in [0.5, 0.6) is 0 Å². The largest absolute Gasteiger partial charge is 0.396 e. The Morgan fingerprint density at radius 1 is 1.33 bits per heavy atom. The highest BCUT2D eigenvalue weighted by molar-refractivity contribution is 4.78. The van der Waals surface area contributed by atoms with Crippen LogP contribution in [0.4, 0.5) is 0 Å². The molecule has 0 saturated heterocycles. The first kappa shape index (κ1) is 13.0. The fraction of sp³-hybridized carbons (Fsp3) is 1.00. The number of hydrogen-bond acceptors (Lipinski definition) is 2. The molecule has 2 heteroatoms. The van der Waals surface area contributed by atoms with E-state index in [0.717, 1.165) is 31.6 Å². The van der Waals surface area contributed by atoms with Gasteiger partial charge in [0.1, 0.15) is 0 Å². The summed E-state index contributed by atoms with van der Waals surface area (Å²) in [7, 11) is 0. The van der Waals surface area contributed by atoms with Crippen LogP contribution < -0.4 is 0 Å². The zero-order valence-corrected chi connectivity index (χ0v) is 9.99. The number of hydrogen-bond donors (Lipinski definition) is 2. The molecule has 1 rings (SSSR count). The van der Waals surface area contributed by atoms with Crippen LogP contribution in [0.25, 0.3) is 0 Å². The van der Waals surface area contributed by atoms with E-state index >= 15 is 0 Å². The molecule has 15 heavy (non-hydrogen) atoms. The number of aliphatic hydroxyl groups excluding tert-OH is 2. The lowest BCUT2D eigenvalue weighted by Crippen LogP contribution is -2.26. The molecule has 0 aromatic heterocycles. The molecule has 1 aliphatic carbocycles. The van der Waals surface area contributed by atoms with E-state index in [1.807, 2.05) is 0 Å². The van der Waals surface area contributed by atoms with Crippen LogP contribution in [0, 0.1) is 11.8 Å². The van der Waals surface area contributed by atoms with Crippen molar-refractivity contribution in [2.24, 2.45) is 11.8 Å². The van der Waals surface area contributed by atoms with Crippen molar-refractivity contribution in [2.45, 2.75) is 64.4 Å². The molecule has 0 spiro atoms. The molecule has 2 nitrogen and oxygen atoms in total. The molecule has 2 N–H and O–H groups in total. The molecular weight excluding hydrogens is 188 g/mol. The maximum absolute atomic E-state index is 9.97. The Morgan fingerprint density at radius 2 is 2.13 bits per heavy atom. The molecule has 90 valence electrons. The van der Waals surface area contributed by atoms with Gasteiger partial charge in [-0.1, -0.05) is 26.2 Å². The second kappa shape index (κ2) is 7.24. The maximum atomic E-state index is 9.97. The third kappa shape index (κ3) is 4.52. The lowest BCUT2D eigenvalue weighted by Gasteiger charge is -2.32. The van der Waals surface area contributed by atoms with Gasteiger partial charge in [-0.3, -0.25) is 0 Å². The summed E-state index contributed by atoms with van der Waals surface area (Å²) in [6.07, 6.45) is 8.99. The van der Waals surface area contributed by atoms with Crippen molar-refractivity contribution in [2.75, 3.05) is 6.61 Å². The average molecular weight is 214 g/mol. The van der Waals surface area contributed by atoms with Gasteiger partial charge in [-0.05, 0) is 43.9 Å². The van der Waals surface area contributed by atoms with Crippen molar-refractivity contribution in [1.82, 2.24) is 0 Å². The first-order valence-electron chi connectivity index (χ1n) is 6.56. The zero-order valence-electron chi connectivity index (χ0n) is 9.99. The molecule has 0 aromatic carbocycles. The highest BCUT2D eigenvalue weighted by Gasteiger charge is 2.26. The minimum Gasteiger partial charge on any atom is -0.396 e. The van der Waals surface area contributed by atoms with E-state index in [1.165, 1.54) is 25.7 Å². The lowest BCUT2D eigenvalue weighted by molar-refractivity contribution is 0.0590. The first-order chi connectivity index (χ1) is 7.27. The average Bonchev–Trinajstić information content (AvgIpc) is 2.27. The maximum Gasteiger partial charge on any atom is 0.0568 e. The Labute approximate surface area is 93.7 Å². The Morgan fingerprint density at radius 3 is 2.80 bits per heavy atom. The van der Waals surface area contributed by atoms with Crippen molar-refractivity contribution in [3.8, 4) is 0 Å². The van der Waals surface area contributed by atoms with Gasteiger partial charge in [-0.15, -0.1) is 0 Å². The van der Waals surface area contributed by atoms with E-state index in [4.69, 9.17) is 5.11 Å². The number of rotatable bonds is 6. The van der Waals surface area contributed by atoms with Crippen LogP contribution in [0.3, 0.4) is 0 Å². The fourth-order valence-electron chi connectivity index (χ4n) is 2.86. The third-order valence-corrected chi connectivity index (χ3v) is 3.72. The fourth-order valence-corrected chi connectivity index (χ4v) is 2.86. The molecule has 1 saturated carbocycles. The molecule has 0 radical (unpaired) electrons. The van der Waals surface area contributed by atoms with Gasteiger partial charge in [-0.2, -0.15) is 0 Å². The van der Waals surface area contributed by atoms with Crippen molar-refractivity contribution in [3.05, 3.63) is 0 Å². The summed E-state index contributed by atoms with van der Waals surface area (Å²) >= 11 is 0. The third-order valence-electron chi connectivity index (χ3n) is 3.72. The monoisotopic (exact) mass is 214 g/mol. The van der Waals surface area contributed by atoms with Gasteiger partial charge in [0.2, 0.25) is 0 Å². The van der Waals surface area contributed by atoms with Crippen LogP contribution in [-0.4, -0.2) is 22.9 Å². The first-order valence-corrected chi connectivity index (χ1v) is 6.56. The molecular formula is C13H26O2. The van der Waals surface area contributed by atoms with Gasteiger partial charge in [0.15, 0.2) is 0 Å². The second-order valence-corrected chi connectivity index (χ2v) is 5.01. The van der Waals surface area contributed by atoms with Crippen LogP contribution >= 0.6 is 0 Å². The molecule has 0 heterocycles. The predicted octanol–water partition coefficient (Wildman–Crippen LogP) is 2.73. The Bertz CT molecular complexity index is 159. The SMILES string of the molecule is CCCC(O)C1CCCC(CCCO)C1. The topological polar surface area (TPSA) is 40.5 Å². The summed E-state index contributed by atoms with van der Waals surface area (Å²) in [6.45, 7) is 2.45. The molecule has 0 amide bonds. The van der Waals surface area contributed by atoms with Crippen LogP contribution in [0.1, 0.15) is 58.3 Å². The van der Waals surface area contributed by atoms with Crippen LogP contribution in [0.15, 0.2) is 0 Å². The molecule has 3 atom stereocenters. The minimum absolute atomic E-state index is 0.0769. The molecule has 1 fully saturated rings. The quantitative estimate of drug-likeness (QED) is 0.713. The molecule has 1 aliphatic rings. The van der Waals surface area contributed by atoms with Crippen molar-refractivity contribution in [3.63, 3.8) is 0 Å². The van der Waals surface area contributed by atoms with Crippen molar-refractivity contribution < 1.29 is 10.2 Å². The predicted molar refractivity (Wildman–Crippen MR) is 62.7 cm³/mol. The molecule has 3 unspecified atom stereocenters. The van der Waals surface area contributed by atoms with E-state index in [9.17, 15) is 5.11 Å². The van der Waals surface area contributed by atoms with E-state index in [-0.39, 0.29) is 6.10 Å². The summed E-state index contributed by atoms with van der Waals surface area (Å²) in [6, 6.07) is 0. The number of aliphatic hydroxyl groups is 2. The van der Waals surface area contributed by atoms with E-state index in [2.05, 4.69) is 6.92 Å². The lowest BCUT2D eigenvalue weighted by atomic mass is 9.76. The summed E-state index contributed by atoms with van der Waals surface area (Å²) in [5, 5.41) is 18.8. The molecule has 0 bridgehead atoms.